The van der Waals surface area contributed by atoms with Gasteiger partial charge in [0.05, 0.1) is 0 Å². The predicted octanol–water partition coefficient (Wildman–Crippen LogP) is 2.88. The summed E-state index contributed by atoms with van der Waals surface area (Å²) in [5.74, 6) is 0. The summed E-state index contributed by atoms with van der Waals surface area (Å²) in [7, 11) is 0. The van der Waals surface area contributed by atoms with Crippen molar-refractivity contribution < 1.29 is 19.5 Å². The average molecular weight is 198 g/mol. The molecule has 0 saturated carbocycles. The monoisotopic (exact) mass is 196 g/mol. The van der Waals surface area contributed by atoms with Crippen LogP contribution in [0.3, 0.4) is 0 Å². The number of hydrogen-bond donors (Lipinski definition) is 0. The first-order chi connectivity index (χ1) is 4.91. The van der Waals surface area contributed by atoms with Crippen molar-refractivity contribution >= 4 is 0 Å². The van der Waals surface area contributed by atoms with Gasteiger partial charge >= 0.3 is 19.5 Å². The first-order valence-electron chi connectivity index (χ1n) is 3.23. The molecule has 1 aromatic carbocycles. The SMILES string of the molecule is [CH2-]/C=C/C.[Zn+2].[c-]1ccccc1. The molecule has 1 heteroatoms. The van der Waals surface area contributed by atoms with Crippen LogP contribution in [0.2, 0.25) is 0 Å². The van der Waals surface area contributed by atoms with E-state index < -0.39 is 0 Å². The number of allylic oxidation sites excluding steroid dienone is 2. The Morgan fingerprint density at radius 3 is 1.73 bits per heavy atom. The van der Waals surface area contributed by atoms with Gasteiger partial charge in [-0.3, -0.25) is 0 Å². The predicted molar refractivity (Wildman–Crippen MR) is 45.4 cm³/mol. The molecule has 0 saturated heterocycles. The molecule has 0 radical (unpaired) electrons. The molecule has 0 amide bonds. The Morgan fingerprint density at radius 1 is 1.18 bits per heavy atom. The average Bonchev–Trinajstić information content (AvgIpc) is 2.08. The molecule has 0 atom stereocenters. The van der Waals surface area contributed by atoms with Gasteiger partial charge in [0.2, 0.25) is 0 Å². The maximum absolute atomic E-state index is 3.42. The third-order valence-corrected chi connectivity index (χ3v) is 0.843. The minimum absolute atomic E-state index is 0. The molecule has 0 bridgehead atoms. The molecule has 0 spiro atoms. The van der Waals surface area contributed by atoms with Gasteiger partial charge in [-0.2, -0.15) is 36.4 Å². The maximum Gasteiger partial charge on any atom is 2.00 e. The molecule has 0 aromatic heterocycles. The number of benzene rings is 1. The summed E-state index contributed by atoms with van der Waals surface area (Å²) < 4.78 is 0. The molecular weight excluding hydrogens is 185 g/mol. The second kappa shape index (κ2) is 12.2. The second-order valence-corrected chi connectivity index (χ2v) is 1.65. The minimum atomic E-state index is 0. The molecule has 0 heterocycles. The van der Waals surface area contributed by atoms with E-state index in [0.29, 0.717) is 0 Å². The summed E-state index contributed by atoms with van der Waals surface area (Å²) in [5, 5.41) is 0. The van der Waals surface area contributed by atoms with Crippen LogP contribution in [0.5, 0.6) is 0 Å². The van der Waals surface area contributed by atoms with E-state index in [1.807, 2.05) is 43.3 Å². The van der Waals surface area contributed by atoms with E-state index in [9.17, 15) is 0 Å². The third-order valence-electron chi connectivity index (χ3n) is 0.843. The van der Waals surface area contributed by atoms with Gasteiger partial charge in [-0.05, 0) is 0 Å². The quantitative estimate of drug-likeness (QED) is 0.443. The third kappa shape index (κ3) is 12.6. The molecule has 54 valence electrons. The van der Waals surface area contributed by atoms with Crippen LogP contribution in [-0.4, -0.2) is 0 Å². The Morgan fingerprint density at radius 2 is 1.64 bits per heavy atom. The summed E-state index contributed by atoms with van der Waals surface area (Å²) in [6.07, 6.45) is 3.64. The van der Waals surface area contributed by atoms with Crippen LogP contribution < -0.4 is 0 Å². The van der Waals surface area contributed by atoms with E-state index in [0.717, 1.165) is 0 Å². The second-order valence-electron chi connectivity index (χ2n) is 1.65. The summed E-state index contributed by atoms with van der Waals surface area (Å²) in [6, 6.07) is 12.5. The van der Waals surface area contributed by atoms with E-state index in [1.165, 1.54) is 0 Å². The van der Waals surface area contributed by atoms with Gasteiger partial charge in [-0.15, -0.1) is 6.92 Å². The van der Waals surface area contributed by atoms with Gasteiger partial charge in [0.15, 0.2) is 0 Å². The molecule has 0 fully saturated rings. The Bertz CT molecular complexity index is 125. The standard InChI is InChI=1S/C6H5.C4H7.Zn/c1-2-4-6-5-3-1;1-3-4-2;/h1-5H;3-4H,1H2,2H3;/q2*-1;+2/b;4-3+;. The van der Waals surface area contributed by atoms with Gasteiger partial charge in [-0.1, -0.05) is 0 Å². The Labute approximate surface area is 82.1 Å². The van der Waals surface area contributed by atoms with Crippen LogP contribution in [0, 0.1) is 13.0 Å². The van der Waals surface area contributed by atoms with Crippen molar-refractivity contribution in [1.82, 2.24) is 0 Å². The number of rotatable bonds is 0. The van der Waals surface area contributed by atoms with Gasteiger partial charge < -0.3 is 0 Å². The van der Waals surface area contributed by atoms with Gasteiger partial charge in [-0.25, -0.2) is 19.1 Å². The molecule has 1 rings (SSSR count). The number of hydrogen-bond acceptors (Lipinski definition) is 0. The Kier molecular flexibility index (Phi) is 14.5. The van der Waals surface area contributed by atoms with E-state index in [1.54, 1.807) is 6.08 Å². The summed E-state index contributed by atoms with van der Waals surface area (Å²) in [5.41, 5.74) is 0. The van der Waals surface area contributed by atoms with Crippen molar-refractivity contribution in [2.24, 2.45) is 0 Å². The smallest absolute Gasteiger partial charge is 0.245 e. The van der Waals surface area contributed by atoms with Crippen molar-refractivity contribution in [3.8, 4) is 0 Å². The van der Waals surface area contributed by atoms with Gasteiger partial charge in [0.1, 0.15) is 0 Å². The van der Waals surface area contributed by atoms with Crippen molar-refractivity contribution in [1.29, 1.82) is 0 Å². The first-order valence-corrected chi connectivity index (χ1v) is 3.23. The molecule has 1 aromatic rings. The molecule has 11 heavy (non-hydrogen) atoms. The van der Waals surface area contributed by atoms with Crippen molar-refractivity contribution in [2.75, 3.05) is 0 Å². The zero-order valence-corrected chi connectivity index (χ0v) is 9.92. The topological polar surface area (TPSA) is 0 Å². The van der Waals surface area contributed by atoms with Crippen LogP contribution in [-0.2, 0) is 19.5 Å². The molecule has 0 nitrogen and oxygen atoms in total. The van der Waals surface area contributed by atoms with Crippen LogP contribution in [0.15, 0.2) is 42.5 Å². The molecule has 0 aliphatic carbocycles. The van der Waals surface area contributed by atoms with Crippen LogP contribution in [0.1, 0.15) is 6.92 Å². The fraction of sp³-hybridized carbons (Fsp3) is 0.100. The van der Waals surface area contributed by atoms with E-state index in [-0.39, 0.29) is 19.5 Å². The van der Waals surface area contributed by atoms with E-state index in [2.05, 4.69) is 13.0 Å². The van der Waals surface area contributed by atoms with E-state index in [4.69, 9.17) is 0 Å². The zero-order chi connectivity index (χ0) is 7.66. The molecule has 0 N–H and O–H groups in total. The van der Waals surface area contributed by atoms with Crippen LogP contribution >= 0.6 is 0 Å². The fourth-order valence-electron chi connectivity index (χ4n) is 0.342. The molecule has 0 unspecified atom stereocenters. The van der Waals surface area contributed by atoms with Gasteiger partial charge in [0.25, 0.3) is 0 Å². The van der Waals surface area contributed by atoms with Crippen molar-refractivity contribution in [3.63, 3.8) is 0 Å². The maximum atomic E-state index is 3.42. The Hall–Kier alpha value is -0.547. The molecular formula is C10H12Zn. The van der Waals surface area contributed by atoms with Crippen molar-refractivity contribution in [3.05, 3.63) is 55.5 Å². The van der Waals surface area contributed by atoms with Crippen LogP contribution in [0.25, 0.3) is 0 Å². The Balaban J connectivity index is 0. The summed E-state index contributed by atoms with van der Waals surface area (Å²) in [6.45, 7) is 5.36. The van der Waals surface area contributed by atoms with E-state index >= 15 is 0 Å². The minimum Gasteiger partial charge on any atom is -0.245 e. The van der Waals surface area contributed by atoms with Gasteiger partial charge in [0, 0.05) is 0 Å². The van der Waals surface area contributed by atoms with Crippen molar-refractivity contribution in [2.45, 2.75) is 6.92 Å². The fourth-order valence-corrected chi connectivity index (χ4v) is 0.342. The molecule has 0 aliphatic rings. The normalized spacial score (nSPS) is 7.73. The largest absolute Gasteiger partial charge is 2.00 e. The molecule has 0 aliphatic heterocycles. The van der Waals surface area contributed by atoms with Crippen LogP contribution in [0.4, 0.5) is 0 Å². The first kappa shape index (κ1) is 13.1. The summed E-state index contributed by atoms with van der Waals surface area (Å²) in [4.78, 5) is 0. The summed E-state index contributed by atoms with van der Waals surface area (Å²) >= 11 is 0. The zero-order valence-electron chi connectivity index (χ0n) is 6.96.